The van der Waals surface area contributed by atoms with Crippen molar-refractivity contribution in [1.82, 2.24) is 0 Å². The van der Waals surface area contributed by atoms with Crippen molar-refractivity contribution in [3.8, 4) is 0 Å². The molecule has 0 spiro atoms. The van der Waals surface area contributed by atoms with E-state index in [1.54, 1.807) is 11.8 Å². The Hall–Kier alpha value is -0.700. The van der Waals surface area contributed by atoms with Crippen LogP contribution in [0.3, 0.4) is 0 Å². The van der Waals surface area contributed by atoms with E-state index in [2.05, 4.69) is 30.1 Å². The maximum atomic E-state index is 5.88. The van der Waals surface area contributed by atoms with Crippen LogP contribution in [0.2, 0.25) is 0 Å². The van der Waals surface area contributed by atoms with Gasteiger partial charge in [-0.05, 0) is 38.2 Å². The lowest BCUT2D eigenvalue weighted by Gasteiger charge is -2.28. The predicted octanol–water partition coefficient (Wildman–Crippen LogP) is 2.86. The van der Waals surface area contributed by atoms with Gasteiger partial charge in [-0.25, -0.2) is 0 Å². The molecule has 0 fully saturated rings. The Morgan fingerprint density at radius 1 is 1.53 bits per heavy atom. The summed E-state index contributed by atoms with van der Waals surface area (Å²) in [6, 6.07) is 0. The second-order valence-electron chi connectivity index (χ2n) is 4.33. The lowest BCUT2D eigenvalue weighted by molar-refractivity contribution is 0.488. The van der Waals surface area contributed by atoms with Crippen LogP contribution in [0.15, 0.2) is 28.8 Å². The third-order valence-electron chi connectivity index (χ3n) is 3.12. The van der Waals surface area contributed by atoms with Crippen molar-refractivity contribution in [2.75, 3.05) is 5.75 Å². The number of rotatable bonds is 1. The fourth-order valence-electron chi connectivity index (χ4n) is 2.21. The molecule has 2 nitrogen and oxygen atoms in total. The quantitative estimate of drug-likeness (QED) is 0.741. The molecule has 0 saturated heterocycles. The normalized spacial score (nSPS) is 31.8. The first-order valence-corrected chi connectivity index (χ1v) is 6.53. The Balaban J connectivity index is 2.26. The van der Waals surface area contributed by atoms with Crippen molar-refractivity contribution in [2.45, 2.75) is 38.1 Å². The Labute approximate surface area is 95.7 Å². The molecule has 2 rings (SSSR count). The minimum absolute atomic E-state index is 0.0433. The molecule has 1 aliphatic carbocycles. The Morgan fingerprint density at radius 3 is 3.13 bits per heavy atom. The maximum absolute atomic E-state index is 5.88. The summed E-state index contributed by atoms with van der Waals surface area (Å²) in [7, 11) is 0. The monoisotopic (exact) mass is 222 g/mol. The molecule has 82 valence electrons. The molecule has 1 unspecified atom stereocenters. The number of hydrogen-bond acceptors (Lipinski definition) is 3. The molecule has 0 amide bonds. The minimum Gasteiger partial charge on any atom is -0.379 e. The number of amidine groups is 1. The number of aliphatic imine (C=N–C) groups is 1. The van der Waals surface area contributed by atoms with Crippen molar-refractivity contribution in [3.63, 3.8) is 0 Å². The number of hydrogen-bond donors (Lipinski definition) is 1. The number of nitrogens with two attached hydrogens (primary N) is 1. The van der Waals surface area contributed by atoms with Gasteiger partial charge in [0.2, 0.25) is 0 Å². The standard InChI is InChI=1S/C12H18N2S/c1-12(10-6-3-2-4-7-10)8-5-9-15-11(13)14-12/h2-3,6H,4-5,7-9H2,1H3,(H2,13,14). The van der Waals surface area contributed by atoms with Gasteiger partial charge in [0, 0.05) is 5.75 Å². The van der Waals surface area contributed by atoms with Gasteiger partial charge in [0.15, 0.2) is 5.17 Å². The summed E-state index contributed by atoms with van der Waals surface area (Å²) < 4.78 is 0. The van der Waals surface area contributed by atoms with Crippen LogP contribution in [0.25, 0.3) is 0 Å². The summed E-state index contributed by atoms with van der Waals surface area (Å²) in [5.74, 6) is 1.11. The van der Waals surface area contributed by atoms with Gasteiger partial charge in [-0.3, -0.25) is 4.99 Å². The summed E-state index contributed by atoms with van der Waals surface area (Å²) in [6.45, 7) is 2.22. The molecular formula is C12H18N2S. The first-order valence-electron chi connectivity index (χ1n) is 5.55. The van der Waals surface area contributed by atoms with Gasteiger partial charge in [-0.2, -0.15) is 0 Å². The van der Waals surface area contributed by atoms with Crippen LogP contribution in [-0.4, -0.2) is 16.5 Å². The van der Waals surface area contributed by atoms with Crippen LogP contribution >= 0.6 is 11.8 Å². The maximum Gasteiger partial charge on any atom is 0.154 e. The van der Waals surface area contributed by atoms with Crippen molar-refractivity contribution >= 4 is 16.9 Å². The van der Waals surface area contributed by atoms with Crippen LogP contribution in [-0.2, 0) is 0 Å². The fourth-order valence-corrected chi connectivity index (χ4v) is 2.97. The van der Waals surface area contributed by atoms with E-state index in [-0.39, 0.29) is 5.54 Å². The molecule has 2 N–H and O–H groups in total. The summed E-state index contributed by atoms with van der Waals surface area (Å²) in [5.41, 5.74) is 7.28. The van der Waals surface area contributed by atoms with E-state index in [0.29, 0.717) is 0 Å². The van der Waals surface area contributed by atoms with Crippen LogP contribution in [0.4, 0.5) is 0 Å². The van der Waals surface area contributed by atoms with Gasteiger partial charge in [0.1, 0.15) is 0 Å². The van der Waals surface area contributed by atoms with Crippen LogP contribution in [0, 0.1) is 0 Å². The van der Waals surface area contributed by atoms with Crippen LogP contribution < -0.4 is 5.73 Å². The van der Waals surface area contributed by atoms with E-state index in [0.717, 1.165) is 30.2 Å². The molecule has 1 heterocycles. The highest BCUT2D eigenvalue weighted by Gasteiger charge is 2.29. The largest absolute Gasteiger partial charge is 0.379 e. The third-order valence-corrected chi connectivity index (χ3v) is 4.00. The SMILES string of the molecule is CC1(C2=CC=CCC2)CCCSC(N)=N1. The molecule has 0 radical (unpaired) electrons. The highest BCUT2D eigenvalue weighted by atomic mass is 32.2. The minimum atomic E-state index is -0.0433. The smallest absolute Gasteiger partial charge is 0.154 e. The van der Waals surface area contributed by atoms with E-state index < -0.39 is 0 Å². The molecule has 1 aliphatic heterocycles. The van der Waals surface area contributed by atoms with Gasteiger partial charge in [-0.1, -0.05) is 30.0 Å². The molecular weight excluding hydrogens is 204 g/mol. The van der Waals surface area contributed by atoms with Crippen molar-refractivity contribution < 1.29 is 0 Å². The molecule has 15 heavy (non-hydrogen) atoms. The highest BCUT2D eigenvalue weighted by molar-refractivity contribution is 8.13. The predicted molar refractivity (Wildman–Crippen MR) is 68.2 cm³/mol. The van der Waals surface area contributed by atoms with E-state index in [4.69, 9.17) is 5.73 Å². The second kappa shape index (κ2) is 4.44. The molecule has 1 atom stereocenters. The van der Waals surface area contributed by atoms with Crippen molar-refractivity contribution in [1.29, 1.82) is 0 Å². The fraction of sp³-hybridized carbons (Fsp3) is 0.583. The Bertz CT molecular complexity index is 331. The van der Waals surface area contributed by atoms with Gasteiger partial charge < -0.3 is 5.73 Å². The Kier molecular flexibility index (Phi) is 3.19. The zero-order valence-corrected chi connectivity index (χ0v) is 10.0. The van der Waals surface area contributed by atoms with E-state index in [1.165, 1.54) is 12.0 Å². The summed E-state index contributed by atoms with van der Waals surface area (Å²) in [6.07, 6.45) is 11.2. The molecule has 0 bridgehead atoms. The topological polar surface area (TPSA) is 38.4 Å². The zero-order chi connectivity index (χ0) is 10.7. The van der Waals surface area contributed by atoms with E-state index in [1.807, 2.05) is 0 Å². The number of allylic oxidation sites excluding steroid dienone is 3. The average Bonchev–Trinajstić information content (AvgIpc) is 2.42. The molecule has 3 heteroatoms. The highest BCUT2D eigenvalue weighted by Crippen LogP contribution is 2.35. The van der Waals surface area contributed by atoms with E-state index >= 15 is 0 Å². The van der Waals surface area contributed by atoms with Crippen molar-refractivity contribution in [2.24, 2.45) is 10.7 Å². The van der Waals surface area contributed by atoms with Crippen LogP contribution in [0.5, 0.6) is 0 Å². The first kappa shape index (κ1) is 10.8. The molecule has 0 aromatic carbocycles. The van der Waals surface area contributed by atoms with Gasteiger partial charge in [0.25, 0.3) is 0 Å². The first-order chi connectivity index (χ1) is 7.21. The summed E-state index contributed by atoms with van der Waals surface area (Å²) in [5, 5.41) is 0.755. The zero-order valence-electron chi connectivity index (χ0n) is 9.20. The lowest BCUT2D eigenvalue weighted by Crippen LogP contribution is -2.27. The average molecular weight is 222 g/mol. The Morgan fingerprint density at radius 2 is 2.40 bits per heavy atom. The molecule has 0 saturated carbocycles. The molecule has 0 aromatic heterocycles. The van der Waals surface area contributed by atoms with Gasteiger partial charge in [0.05, 0.1) is 5.54 Å². The lowest BCUT2D eigenvalue weighted by atomic mass is 9.83. The van der Waals surface area contributed by atoms with Crippen molar-refractivity contribution in [3.05, 3.63) is 23.8 Å². The van der Waals surface area contributed by atoms with Crippen LogP contribution in [0.1, 0.15) is 32.6 Å². The number of nitrogens with zero attached hydrogens (tertiary/aromatic N) is 1. The summed E-state index contributed by atoms with van der Waals surface area (Å²) >= 11 is 1.69. The van der Waals surface area contributed by atoms with E-state index in [9.17, 15) is 0 Å². The van der Waals surface area contributed by atoms with Gasteiger partial charge in [-0.15, -0.1) is 0 Å². The molecule has 2 aliphatic rings. The molecule has 0 aromatic rings. The second-order valence-corrected chi connectivity index (χ2v) is 5.45. The number of thioether (sulfide) groups is 1. The third kappa shape index (κ3) is 2.46. The summed E-state index contributed by atoms with van der Waals surface area (Å²) in [4.78, 5) is 4.69. The van der Waals surface area contributed by atoms with Gasteiger partial charge >= 0.3 is 0 Å².